The number of halogens is 1. The number of rotatable bonds is 6. The summed E-state index contributed by atoms with van der Waals surface area (Å²) in [5.74, 6) is 0.0906. The van der Waals surface area contributed by atoms with Crippen molar-refractivity contribution in [1.82, 2.24) is 0 Å². The third-order valence-corrected chi connectivity index (χ3v) is 9.77. The number of ether oxygens (including phenoxy) is 1. The first-order valence-corrected chi connectivity index (χ1v) is 14.9. The average Bonchev–Trinajstić information content (AvgIpc) is 3.59. The molecular weight excluding hydrogens is 533 g/mol. The van der Waals surface area contributed by atoms with Crippen LogP contribution in [0.2, 0.25) is 0 Å². The highest BCUT2D eigenvalue weighted by Crippen LogP contribution is 2.50. The molecule has 8 nitrogen and oxygen atoms in total. The van der Waals surface area contributed by atoms with Gasteiger partial charge in [0.1, 0.15) is 22.9 Å². The molecule has 1 N–H and O–H groups in total. The van der Waals surface area contributed by atoms with Crippen LogP contribution in [0.15, 0.2) is 48.5 Å². The third-order valence-electron chi connectivity index (χ3n) is 8.05. The molecule has 3 aromatic carbocycles. The second-order valence-corrected chi connectivity index (χ2v) is 13.0. The number of carbonyl (C=O) groups excluding carboxylic acids is 1. The van der Waals surface area contributed by atoms with Crippen molar-refractivity contribution < 1.29 is 26.5 Å². The molecule has 0 spiro atoms. The molecule has 0 radical (unpaired) electrons. The van der Waals surface area contributed by atoms with E-state index in [2.05, 4.69) is 5.32 Å². The Morgan fingerprint density at radius 2 is 1.75 bits per heavy atom. The normalized spacial score (nSPS) is 18.1. The van der Waals surface area contributed by atoms with Gasteiger partial charge < -0.3 is 14.2 Å². The van der Waals surface area contributed by atoms with Crippen LogP contribution in [0.3, 0.4) is 0 Å². The maximum Gasteiger partial charge on any atom is 0.312 e. The fourth-order valence-electron chi connectivity index (χ4n) is 5.98. The van der Waals surface area contributed by atoms with Gasteiger partial charge in [-0.1, -0.05) is 25.0 Å². The second kappa shape index (κ2) is 9.40. The van der Waals surface area contributed by atoms with E-state index >= 15 is 0 Å². The Morgan fingerprint density at radius 3 is 2.48 bits per heavy atom. The Kier molecular flexibility index (Phi) is 6.21. The maximum absolute atomic E-state index is 14.4. The number of methoxy groups -OCH3 is 1. The lowest BCUT2D eigenvalue weighted by molar-refractivity contribution is -0.122. The Hall–Kier alpha value is -3.79. The van der Waals surface area contributed by atoms with Crippen molar-refractivity contribution in [3.05, 3.63) is 65.5 Å². The van der Waals surface area contributed by atoms with Gasteiger partial charge >= 0.3 is 10.1 Å². The lowest BCUT2D eigenvalue weighted by Gasteiger charge is -2.41. The molecule has 0 aromatic heterocycles. The predicted octanol–water partition coefficient (Wildman–Crippen LogP) is 5.93. The number of amides is 1. The number of nitrogens with zero attached hydrogens (tertiary/aromatic N) is 2. The fourth-order valence-corrected chi connectivity index (χ4v) is 7.40. The van der Waals surface area contributed by atoms with Gasteiger partial charge in [-0.15, -0.1) is 0 Å². The standard InChI is InChI=1S/C30H32FN3O5S/c1-18-9-10-19(31)15-26(18)33-17-24-22(13-14-25-28(24)34(33)29(35)30(2,3)32-25)23-12-11-20(16-27(23)38-4)39-40(36,37)21-7-5-6-8-21/h9-16,21,32H,5-8,17H2,1-4H3. The molecule has 1 saturated carbocycles. The molecule has 1 fully saturated rings. The topological polar surface area (TPSA) is 88.2 Å². The van der Waals surface area contributed by atoms with Crippen LogP contribution in [0.5, 0.6) is 11.5 Å². The molecule has 6 rings (SSSR count). The Bertz CT molecular complexity index is 1630. The molecule has 0 saturated heterocycles. The number of aryl methyl sites for hydroxylation is 1. The quantitative estimate of drug-likeness (QED) is 0.371. The molecule has 0 atom stereocenters. The molecule has 210 valence electrons. The largest absolute Gasteiger partial charge is 0.496 e. The highest BCUT2D eigenvalue weighted by Gasteiger charge is 2.47. The van der Waals surface area contributed by atoms with Crippen molar-refractivity contribution >= 4 is 33.1 Å². The molecular formula is C30H32FN3O5S. The van der Waals surface area contributed by atoms with Gasteiger partial charge in [0.05, 0.1) is 36.0 Å². The number of benzene rings is 3. The maximum atomic E-state index is 14.4. The lowest BCUT2D eigenvalue weighted by atomic mass is 9.93. The van der Waals surface area contributed by atoms with E-state index < -0.39 is 20.9 Å². The Labute approximate surface area is 233 Å². The fraction of sp³-hybridized carbons (Fsp3) is 0.367. The molecule has 0 unspecified atom stereocenters. The molecule has 1 aliphatic carbocycles. The zero-order valence-corrected chi connectivity index (χ0v) is 23.8. The molecule has 1 amide bonds. The minimum atomic E-state index is -3.74. The minimum Gasteiger partial charge on any atom is -0.496 e. The van der Waals surface area contributed by atoms with E-state index in [1.165, 1.54) is 19.2 Å². The number of carbonyl (C=O) groups is 1. The third kappa shape index (κ3) is 4.25. The SMILES string of the molecule is COc1cc(OS(=O)(=O)C2CCCC2)ccc1-c1ccc2c3c1CN(c1cc(F)ccc1C)N3C(=O)C(C)(C)N2. The van der Waals surface area contributed by atoms with Crippen LogP contribution in [0.4, 0.5) is 21.5 Å². The summed E-state index contributed by atoms with van der Waals surface area (Å²) in [5.41, 5.74) is 4.46. The van der Waals surface area contributed by atoms with Crippen LogP contribution in [0.1, 0.15) is 50.7 Å². The summed E-state index contributed by atoms with van der Waals surface area (Å²) >= 11 is 0. The van der Waals surface area contributed by atoms with Gasteiger partial charge in [0.2, 0.25) is 0 Å². The van der Waals surface area contributed by atoms with Crippen molar-refractivity contribution in [3.8, 4) is 22.6 Å². The molecule has 10 heteroatoms. The van der Waals surface area contributed by atoms with Gasteiger partial charge in [0.15, 0.2) is 0 Å². The zero-order chi connectivity index (χ0) is 28.4. The van der Waals surface area contributed by atoms with Gasteiger partial charge in [0, 0.05) is 17.2 Å². The zero-order valence-electron chi connectivity index (χ0n) is 23.0. The molecule has 0 bridgehead atoms. The van der Waals surface area contributed by atoms with E-state index in [9.17, 15) is 17.6 Å². The Morgan fingerprint density at radius 1 is 1.02 bits per heavy atom. The lowest BCUT2D eigenvalue weighted by Crippen LogP contribution is -2.57. The first-order valence-electron chi connectivity index (χ1n) is 13.4. The summed E-state index contributed by atoms with van der Waals surface area (Å²) < 4.78 is 51.2. The van der Waals surface area contributed by atoms with Gasteiger partial charge in [-0.25, -0.2) is 9.40 Å². The van der Waals surface area contributed by atoms with Gasteiger partial charge in [-0.2, -0.15) is 8.42 Å². The number of hydrogen-bond acceptors (Lipinski definition) is 7. The van der Waals surface area contributed by atoms with Crippen LogP contribution in [0.25, 0.3) is 11.1 Å². The minimum absolute atomic E-state index is 0.160. The average molecular weight is 566 g/mol. The van der Waals surface area contributed by atoms with Gasteiger partial charge in [-0.3, -0.25) is 9.80 Å². The summed E-state index contributed by atoms with van der Waals surface area (Å²) in [6.07, 6.45) is 2.98. The number of anilines is 3. The summed E-state index contributed by atoms with van der Waals surface area (Å²) in [6.45, 7) is 5.85. The van der Waals surface area contributed by atoms with Crippen molar-refractivity contribution in [3.63, 3.8) is 0 Å². The van der Waals surface area contributed by atoms with E-state index in [1.54, 1.807) is 29.3 Å². The van der Waals surface area contributed by atoms with Crippen LogP contribution >= 0.6 is 0 Å². The van der Waals surface area contributed by atoms with Crippen molar-refractivity contribution in [2.24, 2.45) is 0 Å². The van der Waals surface area contributed by atoms with Crippen LogP contribution in [-0.2, 0) is 21.5 Å². The molecule has 40 heavy (non-hydrogen) atoms. The predicted molar refractivity (Wildman–Crippen MR) is 153 cm³/mol. The second-order valence-electron chi connectivity index (χ2n) is 11.2. The summed E-state index contributed by atoms with van der Waals surface area (Å²) in [4.78, 5) is 13.7. The Balaban J connectivity index is 1.44. The highest BCUT2D eigenvalue weighted by molar-refractivity contribution is 7.87. The van der Waals surface area contributed by atoms with E-state index in [4.69, 9.17) is 8.92 Å². The molecule has 2 aliphatic heterocycles. The van der Waals surface area contributed by atoms with Crippen LogP contribution < -0.4 is 24.3 Å². The van der Waals surface area contributed by atoms with E-state index in [0.717, 1.165) is 40.8 Å². The van der Waals surface area contributed by atoms with Gasteiger partial charge in [0.25, 0.3) is 5.91 Å². The number of hydrazine groups is 1. The highest BCUT2D eigenvalue weighted by atomic mass is 32.2. The van der Waals surface area contributed by atoms with Gasteiger partial charge in [-0.05, 0) is 75.1 Å². The van der Waals surface area contributed by atoms with Crippen molar-refractivity contribution in [2.45, 2.75) is 63.8 Å². The van der Waals surface area contributed by atoms with E-state index in [-0.39, 0.29) is 17.5 Å². The van der Waals surface area contributed by atoms with Crippen LogP contribution in [0, 0.1) is 12.7 Å². The summed E-state index contributed by atoms with van der Waals surface area (Å²) in [6, 6.07) is 13.4. The molecule has 3 aliphatic rings. The van der Waals surface area contributed by atoms with E-state index in [1.807, 2.05) is 37.9 Å². The molecule has 3 aromatic rings. The first-order chi connectivity index (χ1) is 19.0. The van der Waals surface area contributed by atoms with Crippen LogP contribution in [-0.4, -0.2) is 32.2 Å². The number of hydrogen-bond donors (Lipinski definition) is 1. The van der Waals surface area contributed by atoms with Crippen molar-refractivity contribution in [2.75, 3.05) is 22.4 Å². The smallest absolute Gasteiger partial charge is 0.312 e. The monoisotopic (exact) mass is 565 g/mol. The first kappa shape index (κ1) is 26.4. The summed E-state index contributed by atoms with van der Waals surface area (Å²) in [7, 11) is -2.22. The number of nitrogens with one attached hydrogen (secondary N) is 1. The van der Waals surface area contributed by atoms with Crippen molar-refractivity contribution in [1.29, 1.82) is 0 Å². The molecule has 2 heterocycles. The summed E-state index contributed by atoms with van der Waals surface area (Å²) in [5, 5.41) is 6.33. The van der Waals surface area contributed by atoms with E-state index in [0.29, 0.717) is 36.5 Å².